The summed E-state index contributed by atoms with van der Waals surface area (Å²) in [5.41, 5.74) is 0.371. The number of amides is 3. The van der Waals surface area contributed by atoms with Crippen LogP contribution in [0.5, 0.6) is 0 Å². The molecule has 24 heavy (non-hydrogen) atoms. The van der Waals surface area contributed by atoms with Crippen molar-refractivity contribution in [2.45, 2.75) is 12.5 Å². The molecule has 128 valence electrons. The number of nitrogens with zero attached hydrogens (tertiary/aromatic N) is 2. The van der Waals surface area contributed by atoms with E-state index in [1.54, 1.807) is 5.38 Å². The van der Waals surface area contributed by atoms with Gasteiger partial charge in [0.1, 0.15) is 11.9 Å². The van der Waals surface area contributed by atoms with E-state index in [1.165, 1.54) is 0 Å². The van der Waals surface area contributed by atoms with E-state index in [-0.39, 0.29) is 57.8 Å². The number of anilines is 1. The van der Waals surface area contributed by atoms with E-state index in [0.29, 0.717) is 5.69 Å². The van der Waals surface area contributed by atoms with Gasteiger partial charge in [-0.05, 0) is 0 Å². The average Bonchev–Trinajstić information content (AvgIpc) is 2.88. The Kier molecular flexibility index (Phi) is 7.59. The molecule has 0 saturated carbocycles. The topological polar surface area (TPSA) is 146 Å². The van der Waals surface area contributed by atoms with Crippen molar-refractivity contribution in [1.29, 1.82) is 0 Å². The van der Waals surface area contributed by atoms with Gasteiger partial charge in [-0.1, -0.05) is 0 Å². The summed E-state index contributed by atoms with van der Waals surface area (Å²) in [5, 5.41) is 6.60. The molecule has 1 aliphatic heterocycles. The number of aromatic nitrogens is 1. The number of halogens is 1. The van der Waals surface area contributed by atoms with Crippen molar-refractivity contribution in [1.82, 2.24) is 14.6 Å². The predicted molar refractivity (Wildman–Crippen MR) is 87.5 cm³/mol. The Bertz CT molecular complexity index is 754. The van der Waals surface area contributed by atoms with Crippen LogP contribution in [-0.4, -0.2) is 88.0 Å². The number of hydrogen-bond acceptors (Lipinski definition) is 7. The monoisotopic (exact) mass is 406 g/mol. The zero-order valence-corrected chi connectivity index (χ0v) is 13.7. The number of nitrogens with one attached hydrogen (secondary N) is 2. The summed E-state index contributed by atoms with van der Waals surface area (Å²) < 4.78 is 30.5. The molecule has 3 N–H and O–H groups in total. The summed E-state index contributed by atoms with van der Waals surface area (Å²) in [6, 6.07) is -1.00. The first-order valence-corrected chi connectivity index (χ1v) is 8.90. The Labute approximate surface area is 168 Å². The van der Waals surface area contributed by atoms with Crippen LogP contribution in [0.1, 0.15) is 5.69 Å². The Balaban J connectivity index is 0.00000288. The number of hydrogen-bond donors (Lipinski definition) is 3. The molecule has 3 amide bonds. The number of thiazole rings is 1. The third-order valence-corrected chi connectivity index (χ3v) is 4.70. The van der Waals surface area contributed by atoms with E-state index in [2.05, 4.69) is 15.6 Å². The molecule has 1 fully saturated rings. The molecule has 1 saturated heterocycles. The zero-order chi connectivity index (χ0) is 17.2. The second kappa shape index (κ2) is 8.56. The second-order valence-corrected chi connectivity index (χ2v) is 6.93. The van der Waals surface area contributed by atoms with Crippen LogP contribution in [0.25, 0.3) is 0 Å². The molecule has 1 unspecified atom stereocenters. The fourth-order valence-electron chi connectivity index (χ4n) is 1.72. The van der Waals surface area contributed by atoms with Gasteiger partial charge in [0.15, 0.2) is 5.13 Å². The second-order valence-electron chi connectivity index (χ2n) is 4.47. The van der Waals surface area contributed by atoms with Crippen LogP contribution in [0.4, 0.5) is 5.13 Å². The van der Waals surface area contributed by atoms with Crippen LogP contribution >= 0.6 is 22.9 Å². The first-order valence-electron chi connectivity index (χ1n) is 6.09. The van der Waals surface area contributed by atoms with Gasteiger partial charge < -0.3 is 10.6 Å². The third kappa shape index (κ3) is 5.37. The maximum absolute atomic E-state index is 11.8. The molecule has 0 bridgehead atoms. The molecule has 2 heterocycles. The molecule has 0 aromatic carbocycles. The van der Waals surface area contributed by atoms with Crippen LogP contribution in [0, 0.1) is 0 Å². The summed E-state index contributed by atoms with van der Waals surface area (Å²) in [6.07, 6.45) is -0.150. The summed E-state index contributed by atoms with van der Waals surface area (Å²) in [4.78, 5) is 38.3. The van der Waals surface area contributed by atoms with Crippen LogP contribution in [0.2, 0.25) is 0 Å². The molecule has 0 aliphatic carbocycles. The van der Waals surface area contributed by atoms with Crippen molar-refractivity contribution in [3.63, 3.8) is 0 Å². The summed E-state index contributed by atoms with van der Waals surface area (Å²) in [5.74, 6) is -2.10. The van der Waals surface area contributed by atoms with Gasteiger partial charge >= 0.3 is 39.9 Å². The minimum absolute atomic E-state index is 0. The van der Waals surface area contributed by atoms with Gasteiger partial charge in [0.05, 0.1) is 18.7 Å². The van der Waals surface area contributed by atoms with Crippen molar-refractivity contribution in [3.8, 4) is 0 Å². The van der Waals surface area contributed by atoms with Gasteiger partial charge in [0.25, 0.3) is 5.91 Å². The quantitative estimate of drug-likeness (QED) is 0.222. The van der Waals surface area contributed by atoms with E-state index in [4.69, 9.17) is 16.2 Å². The van der Waals surface area contributed by atoms with E-state index in [9.17, 15) is 22.8 Å². The number of β-lactam (4-membered cyclic amide) rings is 1. The van der Waals surface area contributed by atoms with Crippen molar-refractivity contribution in [2.24, 2.45) is 0 Å². The van der Waals surface area contributed by atoms with Crippen molar-refractivity contribution < 1.29 is 27.4 Å². The molecule has 1 aromatic rings. The average molecular weight is 407 g/mol. The molecule has 2 rings (SSSR count). The first-order chi connectivity index (χ1) is 10.7. The van der Waals surface area contributed by atoms with Gasteiger partial charge in [0, 0.05) is 5.38 Å². The van der Waals surface area contributed by atoms with Crippen molar-refractivity contribution in [3.05, 3.63) is 11.1 Å². The van der Waals surface area contributed by atoms with Gasteiger partial charge in [-0.2, -0.15) is 8.42 Å². The van der Waals surface area contributed by atoms with Crippen molar-refractivity contribution in [2.75, 3.05) is 17.7 Å². The fourth-order valence-corrected chi connectivity index (χ4v) is 3.20. The molecule has 1 aliphatic rings. The molecule has 0 spiro atoms. The van der Waals surface area contributed by atoms with E-state index < -0.39 is 34.1 Å². The Morgan fingerprint density at radius 1 is 1.46 bits per heavy atom. The Morgan fingerprint density at radius 2 is 2.12 bits per heavy atom. The molecular weight excluding hydrogens is 395 g/mol. The SMILES string of the molecule is O=C(CCl)Nc1nc(CC(=O)NC2CN(S(=O)(=O)O)C2=O)cs1.[NaH]. The maximum atomic E-state index is 11.8. The first kappa shape index (κ1) is 21.3. The molecule has 14 heteroatoms. The van der Waals surface area contributed by atoms with E-state index in [1.807, 2.05) is 0 Å². The fraction of sp³-hybridized carbons (Fsp3) is 0.400. The van der Waals surface area contributed by atoms with Gasteiger partial charge in [0.2, 0.25) is 11.8 Å². The zero-order valence-electron chi connectivity index (χ0n) is 11.4. The number of carbonyl (C=O) groups is 3. The van der Waals surface area contributed by atoms with Crippen molar-refractivity contribution >= 4 is 85.7 Å². The normalized spacial score (nSPS) is 16.8. The molecule has 0 radical (unpaired) electrons. The predicted octanol–water partition coefficient (Wildman–Crippen LogP) is -1.66. The molecular formula is C10H12ClN4NaO6S2. The third-order valence-electron chi connectivity index (χ3n) is 2.77. The minimum atomic E-state index is -4.58. The van der Waals surface area contributed by atoms with Crippen LogP contribution in [0.3, 0.4) is 0 Å². The number of alkyl halides is 1. The summed E-state index contributed by atoms with van der Waals surface area (Å²) >= 11 is 6.44. The Hall–Kier alpha value is -0.760. The standard InChI is InChI=1S/C10H11ClN4O6S2.Na.H/c11-2-8(17)14-10-12-5(4-22-10)1-7(16)13-6-3-15(9(6)18)23(19,20)21;;/h4,6H,1-3H2,(H,13,16)(H,12,14,17)(H,19,20,21);;. The van der Waals surface area contributed by atoms with Crippen LogP contribution in [-0.2, 0) is 31.1 Å². The van der Waals surface area contributed by atoms with Crippen LogP contribution < -0.4 is 10.6 Å². The molecule has 1 atom stereocenters. The Morgan fingerprint density at radius 3 is 2.67 bits per heavy atom. The molecule has 10 nitrogen and oxygen atoms in total. The van der Waals surface area contributed by atoms with E-state index in [0.717, 1.165) is 11.3 Å². The van der Waals surface area contributed by atoms with Gasteiger partial charge in [-0.15, -0.1) is 22.9 Å². The number of rotatable bonds is 6. The van der Waals surface area contributed by atoms with E-state index >= 15 is 0 Å². The van der Waals surface area contributed by atoms with Crippen LogP contribution in [0.15, 0.2) is 5.38 Å². The van der Waals surface area contributed by atoms with Gasteiger partial charge in [-0.25, -0.2) is 9.29 Å². The number of carbonyl (C=O) groups excluding carboxylic acids is 3. The summed E-state index contributed by atoms with van der Waals surface area (Å²) in [7, 11) is -4.58. The summed E-state index contributed by atoms with van der Waals surface area (Å²) in [6.45, 7) is -0.322. The molecule has 1 aromatic heterocycles. The van der Waals surface area contributed by atoms with Gasteiger partial charge in [-0.3, -0.25) is 18.9 Å².